The molecule has 0 aromatic heterocycles. The third-order valence-corrected chi connectivity index (χ3v) is 2.78. The zero-order valence-electron chi connectivity index (χ0n) is 12.0. The van der Waals surface area contributed by atoms with Crippen LogP contribution in [0.4, 0.5) is 0 Å². The quantitative estimate of drug-likeness (QED) is 0.728. The zero-order chi connectivity index (χ0) is 14.0. The van der Waals surface area contributed by atoms with Gasteiger partial charge in [-0.3, -0.25) is 0 Å². The Morgan fingerprint density at radius 3 is 2.37 bits per heavy atom. The van der Waals surface area contributed by atoms with Gasteiger partial charge in [-0.05, 0) is 39.3 Å². The van der Waals surface area contributed by atoms with Crippen molar-refractivity contribution in [3.63, 3.8) is 0 Å². The molecule has 0 saturated heterocycles. The van der Waals surface area contributed by atoms with Crippen LogP contribution in [0.5, 0.6) is 11.5 Å². The molecule has 0 saturated carbocycles. The van der Waals surface area contributed by atoms with E-state index in [1.807, 2.05) is 52.0 Å². The largest absolute Gasteiger partial charge is 0.490 e. The van der Waals surface area contributed by atoms with Crippen LogP contribution in [0.15, 0.2) is 42.7 Å². The van der Waals surface area contributed by atoms with Gasteiger partial charge in [0.25, 0.3) is 0 Å². The van der Waals surface area contributed by atoms with Gasteiger partial charge in [0.2, 0.25) is 0 Å². The average molecular weight is 256 g/mol. The number of fused-ring (bicyclic) bond motifs is 1. The van der Waals surface area contributed by atoms with Crippen LogP contribution < -0.4 is 9.47 Å². The van der Waals surface area contributed by atoms with Gasteiger partial charge in [-0.15, -0.1) is 0 Å². The first-order valence-corrected chi connectivity index (χ1v) is 6.51. The summed E-state index contributed by atoms with van der Waals surface area (Å²) in [6.45, 7) is 11.8. The van der Waals surface area contributed by atoms with Gasteiger partial charge in [0.15, 0.2) is 0 Å². The summed E-state index contributed by atoms with van der Waals surface area (Å²) in [7, 11) is 0. The molecule has 0 aliphatic carbocycles. The standard InChI is InChI=1S/C17H20O2/c1-11(2)18-16-10-13(5)17(19-12(3)4)15-9-7-6-8-14(15)16/h6-11H,3H2,1-2,4-5H3. The first-order valence-electron chi connectivity index (χ1n) is 6.51. The molecule has 2 aromatic rings. The molecule has 0 heterocycles. The lowest BCUT2D eigenvalue weighted by Crippen LogP contribution is -2.06. The Bertz CT molecular complexity index is 612. The molecule has 2 rings (SSSR count). The SMILES string of the molecule is C=C(C)Oc1c(C)cc(OC(C)C)c2ccccc12. The lowest BCUT2D eigenvalue weighted by molar-refractivity contribution is 0.245. The van der Waals surface area contributed by atoms with Crippen molar-refractivity contribution in [3.05, 3.63) is 48.2 Å². The molecule has 0 atom stereocenters. The maximum atomic E-state index is 5.89. The summed E-state index contributed by atoms with van der Waals surface area (Å²) < 4.78 is 11.7. The second-order valence-corrected chi connectivity index (χ2v) is 5.04. The van der Waals surface area contributed by atoms with E-state index in [0.717, 1.165) is 27.8 Å². The molecular weight excluding hydrogens is 236 g/mol. The van der Waals surface area contributed by atoms with Gasteiger partial charge < -0.3 is 9.47 Å². The summed E-state index contributed by atoms with van der Waals surface area (Å²) in [5, 5.41) is 2.12. The summed E-state index contributed by atoms with van der Waals surface area (Å²) in [4.78, 5) is 0. The van der Waals surface area contributed by atoms with Gasteiger partial charge in [0, 0.05) is 10.8 Å². The summed E-state index contributed by atoms with van der Waals surface area (Å²) in [5.41, 5.74) is 1.05. The van der Waals surface area contributed by atoms with Gasteiger partial charge in [-0.1, -0.05) is 30.8 Å². The van der Waals surface area contributed by atoms with E-state index in [2.05, 4.69) is 12.6 Å². The van der Waals surface area contributed by atoms with Crippen molar-refractivity contribution in [2.75, 3.05) is 0 Å². The lowest BCUT2D eigenvalue weighted by Gasteiger charge is -2.17. The molecule has 0 aliphatic rings. The summed E-state index contributed by atoms with van der Waals surface area (Å²) in [6, 6.07) is 10.1. The monoisotopic (exact) mass is 256 g/mol. The fraction of sp³-hybridized carbons (Fsp3) is 0.294. The highest BCUT2D eigenvalue weighted by Gasteiger charge is 2.12. The first kappa shape index (κ1) is 13.5. The van der Waals surface area contributed by atoms with Crippen molar-refractivity contribution in [1.29, 1.82) is 0 Å². The van der Waals surface area contributed by atoms with E-state index in [1.165, 1.54) is 0 Å². The molecule has 0 N–H and O–H groups in total. The predicted molar refractivity (Wildman–Crippen MR) is 79.9 cm³/mol. The fourth-order valence-electron chi connectivity index (χ4n) is 2.11. The number of benzene rings is 2. The molecule has 19 heavy (non-hydrogen) atoms. The summed E-state index contributed by atoms with van der Waals surface area (Å²) >= 11 is 0. The minimum atomic E-state index is 0.149. The smallest absolute Gasteiger partial charge is 0.137 e. The number of ether oxygens (including phenoxy) is 2. The van der Waals surface area contributed by atoms with E-state index in [9.17, 15) is 0 Å². The average Bonchev–Trinajstić information content (AvgIpc) is 2.33. The van der Waals surface area contributed by atoms with Crippen LogP contribution in [0.25, 0.3) is 10.8 Å². The third kappa shape index (κ3) is 2.90. The molecule has 0 unspecified atom stereocenters. The molecule has 0 bridgehead atoms. The Hall–Kier alpha value is -1.96. The van der Waals surface area contributed by atoms with E-state index >= 15 is 0 Å². The van der Waals surface area contributed by atoms with E-state index < -0.39 is 0 Å². The van der Waals surface area contributed by atoms with E-state index in [4.69, 9.17) is 9.47 Å². The summed E-state index contributed by atoms with van der Waals surface area (Å²) in [6.07, 6.45) is 0.149. The minimum absolute atomic E-state index is 0.149. The molecule has 2 aromatic carbocycles. The number of hydrogen-bond donors (Lipinski definition) is 0. The number of aryl methyl sites for hydroxylation is 1. The van der Waals surface area contributed by atoms with Crippen molar-refractivity contribution in [2.24, 2.45) is 0 Å². The Kier molecular flexibility index (Phi) is 3.79. The minimum Gasteiger partial charge on any atom is -0.490 e. The highest BCUT2D eigenvalue weighted by atomic mass is 16.5. The van der Waals surface area contributed by atoms with Crippen LogP contribution in [0.3, 0.4) is 0 Å². The lowest BCUT2D eigenvalue weighted by atomic mass is 10.0. The first-order chi connectivity index (χ1) is 8.99. The van der Waals surface area contributed by atoms with Crippen LogP contribution in [-0.4, -0.2) is 6.10 Å². The van der Waals surface area contributed by atoms with Gasteiger partial charge in [0.05, 0.1) is 11.9 Å². The van der Waals surface area contributed by atoms with Crippen molar-refractivity contribution in [3.8, 4) is 11.5 Å². The molecule has 2 nitrogen and oxygen atoms in total. The van der Waals surface area contributed by atoms with E-state index in [0.29, 0.717) is 5.76 Å². The molecule has 100 valence electrons. The van der Waals surface area contributed by atoms with Crippen LogP contribution in [0, 0.1) is 6.92 Å². The molecule has 2 heteroatoms. The van der Waals surface area contributed by atoms with Crippen molar-refractivity contribution >= 4 is 10.8 Å². The molecular formula is C17H20O2. The second kappa shape index (κ2) is 5.35. The van der Waals surface area contributed by atoms with Gasteiger partial charge in [-0.25, -0.2) is 0 Å². The van der Waals surface area contributed by atoms with E-state index in [-0.39, 0.29) is 6.10 Å². The fourth-order valence-corrected chi connectivity index (χ4v) is 2.11. The Morgan fingerprint density at radius 1 is 1.16 bits per heavy atom. The maximum Gasteiger partial charge on any atom is 0.137 e. The highest BCUT2D eigenvalue weighted by Crippen LogP contribution is 2.37. The molecule has 0 fully saturated rings. The van der Waals surface area contributed by atoms with Crippen LogP contribution in [0.2, 0.25) is 0 Å². The second-order valence-electron chi connectivity index (χ2n) is 5.04. The molecule has 0 radical (unpaired) electrons. The maximum absolute atomic E-state index is 5.89. The number of allylic oxidation sites excluding steroid dienone is 1. The third-order valence-electron chi connectivity index (χ3n) is 2.78. The van der Waals surface area contributed by atoms with E-state index in [1.54, 1.807) is 0 Å². The highest BCUT2D eigenvalue weighted by molar-refractivity contribution is 5.94. The van der Waals surface area contributed by atoms with Crippen LogP contribution >= 0.6 is 0 Å². The normalized spacial score (nSPS) is 10.8. The predicted octanol–water partition coefficient (Wildman–Crippen LogP) is 4.85. The van der Waals surface area contributed by atoms with Gasteiger partial charge in [-0.2, -0.15) is 0 Å². The van der Waals surface area contributed by atoms with Crippen LogP contribution in [-0.2, 0) is 0 Å². The Balaban J connectivity index is 2.65. The molecule has 0 aliphatic heterocycles. The van der Waals surface area contributed by atoms with Gasteiger partial charge in [0.1, 0.15) is 11.5 Å². The Morgan fingerprint density at radius 2 is 1.79 bits per heavy atom. The topological polar surface area (TPSA) is 18.5 Å². The molecule has 0 spiro atoms. The van der Waals surface area contributed by atoms with Crippen molar-refractivity contribution in [2.45, 2.75) is 33.8 Å². The number of rotatable bonds is 4. The number of hydrogen-bond acceptors (Lipinski definition) is 2. The molecule has 0 amide bonds. The van der Waals surface area contributed by atoms with Gasteiger partial charge >= 0.3 is 0 Å². The van der Waals surface area contributed by atoms with Crippen molar-refractivity contribution < 1.29 is 9.47 Å². The van der Waals surface area contributed by atoms with Crippen molar-refractivity contribution in [1.82, 2.24) is 0 Å². The Labute approximate surface area is 114 Å². The zero-order valence-corrected chi connectivity index (χ0v) is 12.0. The summed E-state index contributed by atoms with van der Waals surface area (Å²) in [5.74, 6) is 2.45. The van der Waals surface area contributed by atoms with Crippen LogP contribution in [0.1, 0.15) is 26.3 Å².